The van der Waals surface area contributed by atoms with Crippen LogP contribution in [-0.2, 0) is 21.6 Å². The van der Waals surface area contributed by atoms with E-state index in [1.165, 1.54) is 13.2 Å². The monoisotopic (exact) mass is 566 g/mol. The minimum Gasteiger partial charge on any atom is -0.419 e. The largest absolute Gasteiger partial charge is 0.419 e. The van der Waals surface area contributed by atoms with Gasteiger partial charge in [0.1, 0.15) is 11.7 Å². The quantitative estimate of drug-likeness (QED) is 0.282. The average Bonchev–Trinajstić information content (AvgIpc) is 3.52. The first-order valence-corrected chi connectivity index (χ1v) is 14.2. The number of carbonyl (C=O) groups excluding carboxylic acids is 2. The van der Waals surface area contributed by atoms with E-state index in [0.717, 1.165) is 42.3 Å². The number of aromatic nitrogens is 4. The molecule has 1 aliphatic carbocycles. The van der Waals surface area contributed by atoms with E-state index in [0.29, 0.717) is 6.54 Å². The number of esters is 1. The molecule has 0 spiro atoms. The smallest absolute Gasteiger partial charge is 0.329 e. The molecular formula is C30H42N6O5. The van der Waals surface area contributed by atoms with E-state index in [1.54, 1.807) is 10.9 Å². The first-order chi connectivity index (χ1) is 19.3. The Kier molecular flexibility index (Phi) is 8.98. The second-order valence-corrected chi connectivity index (χ2v) is 12.2. The summed E-state index contributed by atoms with van der Waals surface area (Å²) in [5.74, 6) is -1.68. The predicted molar refractivity (Wildman–Crippen MR) is 156 cm³/mol. The summed E-state index contributed by atoms with van der Waals surface area (Å²) in [7, 11) is 1.43. The first kappa shape index (κ1) is 30.4. The van der Waals surface area contributed by atoms with Gasteiger partial charge in [-0.05, 0) is 64.2 Å². The molecule has 4 rings (SSSR count). The van der Waals surface area contributed by atoms with Crippen molar-refractivity contribution in [3.63, 3.8) is 0 Å². The van der Waals surface area contributed by atoms with Gasteiger partial charge < -0.3 is 19.4 Å². The summed E-state index contributed by atoms with van der Waals surface area (Å²) >= 11 is 0. The van der Waals surface area contributed by atoms with Gasteiger partial charge in [-0.2, -0.15) is 5.10 Å². The standard InChI is InChI=1S/C30H42N6O5/c1-19(2)23(33-18-40-29(4,5)6)28(39)41-22-16-35(34-24(25(22)37)27(38)31-7)17-30(12-8-9-13-30)36-15-20(3)21-11-10-14-32-26(21)36/h10-11,14-16,19,23,33H,8-9,12-13,17-18H2,1-7H3,(H,31,38)/t23-/m0/s1. The summed E-state index contributed by atoms with van der Waals surface area (Å²) in [4.78, 5) is 43.9. The molecule has 0 bridgehead atoms. The van der Waals surface area contributed by atoms with Gasteiger partial charge in [-0.3, -0.25) is 19.6 Å². The number of ether oxygens (including phenoxy) is 2. The lowest BCUT2D eigenvalue weighted by Gasteiger charge is -2.32. The Morgan fingerprint density at radius 2 is 1.88 bits per heavy atom. The zero-order valence-electron chi connectivity index (χ0n) is 25.1. The molecule has 0 aromatic carbocycles. The van der Waals surface area contributed by atoms with Gasteiger partial charge in [0, 0.05) is 24.8 Å². The number of pyridine rings is 1. The van der Waals surface area contributed by atoms with Crippen LogP contribution in [0.3, 0.4) is 0 Å². The van der Waals surface area contributed by atoms with Gasteiger partial charge in [-0.1, -0.05) is 26.7 Å². The van der Waals surface area contributed by atoms with E-state index < -0.39 is 28.9 Å². The Bertz CT molecular complexity index is 1460. The number of fused-ring (bicyclic) bond motifs is 1. The van der Waals surface area contributed by atoms with Crippen molar-refractivity contribution in [2.45, 2.75) is 91.0 Å². The Balaban J connectivity index is 1.70. The summed E-state index contributed by atoms with van der Waals surface area (Å²) in [5.41, 5.74) is 0.158. The zero-order chi connectivity index (χ0) is 29.9. The van der Waals surface area contributed by atoms with E-state index in [9.17, 15) is 14.4 Å². The van der Waals surface area contributed by atoms with Crippen molar-refractivity contribution in [3.8, 4) is 5.75 Å². The Labute approximate surface area is 240 Å². The fourth-order valence-corrected chi connectivity index (χ4v) is 5.44. The Morgan fingerprint density at radius 3 is 2.51 bits per heavy atom. The van der Waals surface area contributed by atoms with E-state index >= 15 is 0 Å². The zero-order valence-corrected chi connectivity index (χ0v) is 25.1. The molecule has 1 atom stereocenters. The normalized spacial score (nSPS) is 15.8. The number of rotatable bonds is 10. The molecule has 11 nitrogen and oxygen atoms in total. The first-order valence-electron chi connectivity index (χ1n) is 14.2. The third-order valence-electron chi connectivity index (χ3n) is 7.58. The Morgan fingerprint density at radius 1 is 1.17 bits per heavy atom. The van der Waals surface area contributed by atoms with Crippen LogP contribution in [0.2, 0.25) is 0 Å². The highest BCUT2D eigenvalue weighted by atomic mass is 16.5. The maximum atomic E-state index is 13.3. The second kappa shape index (κ2) is 12.1. The molecule has 1 amide bonds. The lowest BCUT2D eigenvalue weighted by atomic mass is 9.97. The molecule has 3 aromatic rings. The molecule has 0 unspecified atom stereocenters. The highest BCUT2D eigenvalue weighted by molar-refractivity contribution is 5.92. The van der Waals surface area contributed by atoms with Gasteiger partial charge in [0.05, 0.1) is 30.6 Å². The van der Waals surface area contributed by atoms with Gasteiger partial charge in [0.15, 0.2) is 11.4 Å². The van der Waals surface area contributed by atoms with E-state index in [1.807, 2.05) is 40.7 Å². The molecule has 1 saturated carbocycles. The van der Waals surface area contributed by atoms with Crippen LogP contribution in [0.5, 0.6) is 5.75 Å². The third kappa shape index (κ3) is 6.68. The number of aryl methyl sites for hydroxylation is 1. The lowest BCUT2D eigenvalue weighted by molar-refractivity contribution is -0.139. The van der Waals surface area contributed by atoms with Gasteiger partial charge in [0.2, 0.25) is 0 Å². The van der Waals surface area contributed by atoms with Crippen molar-refractivity contribution in [2.24, 2.45) is 5.92 Å². The van der Waals surface area contributed by atoms with Crippen LogP contribution in [0.25, 0.3) is 11.0 Å². The molecule has 41 heavy (non-hydrogen) atoms. The fourth-order valence-electron chi connectivity index (χ4n) is 5.44. The van der Waals surface area contributed by atoms with Crippen molar-refractivity contribution < 1.29 is 19.1 Å². The lowest BCUT2D eigenvalue weighted by Crippen LogP contribution is -2.46. The van der Waals surface area contributed by atoms with E-state index in [-0.39, 0.29) is 29.6 Å². The molecule has 222 valence electrons. The van der Waals surface area contributed by atoms with Gasteiger partial charge in [-0.15, -0.1) is 0 Å². The number of hydrogen-bond donors (Lipinski definition) is 2. The van der Waals surface area contributed by atoms with Gasteiger partial charge in [-0.25, -0.2) is 9.78 Å². The molecule has 1 fully saturated rings. The number of carbonyl (C=O) groups is 2. The number of nitrogens with zero attached hydrogens (tertiary/aromatic N) is 4. The van der Waals surface area contributed by atoms with Crippen LogP contribution in [0.4, 0.5) is 0 Å². The van der Waals surface area contributed by atoms with Crippen LogP contribution >= 0.6 is 0 Å². The van der Waals surface area contributed by atoms with Crippen molar-refractivity contribution in [2.75, 3.05) is 13.8 Å². The molecule has 0 saturated heterocycles. The topological polar surface area (TPSA) is 129 Å². The molecule has 2 N–H and O–H groups in total. The molecule has 11 heteroatoms. The van der Waals surface area contributed by atoms with Crippen LogP contribution in [0.1, 0.15) is 76.4 Å². The van der Waals surface area contributed by atoms with E-state index in [4.69, 9.17) is 9.47 Å². The van der Waals surface area contributed by atoms with Gasteiger partial charge >= 0.3 is 5.97 Å². The minimum atomic E-state index is -0.744. The van der Waals surface area contributed by atoms with Crippen LogP contribution < -0.4 is 20.8 Å². The fraction of sp³-hybridized carbons (Fsp3) is 0.567. The van der Waals surface area contributed by atoms with Crippen molar-refractivity contribution in [1.29, 1.82) is 0 Å². The molecule has 0 aliphatic heterocycles. The number of nitrogens with one attached hydrogen (secondary N) is 2. The maximum Gasteiger partial charge on any atom is 0.329 e. The molecule has 1 aliphatic rings. The number of amides is 1. The van der Waals surface area contributed by atoms with Crippen molar-refractivity contribution >= 4 is 22.9 Å². The van der Waals surface area contributed by atoms with E-state index in [2.05, 4.69) is 44.5 Å². The van der Waals surface area contributed by atoms with Crippen LogP contribution in [-0.4, -0.2) is 56.6 Å². The summed E-state index contributed by atoms with van der Waals surface area (Å²) in [6, 6.07) is 3.25. The maximum absolute atomic E-state index is 13.3. The predicted octanol–water partition coefficient (Wildman–Crippen LogP) is 3.52. The molecule has 3 aromatic heterocycles. The van der Waals surface area contributed by atoms with Crippen molar-refractivity contribution in [1.82, 2.24) is 30.0 Å². The summed E-state index contributed by atoms with van der Waals surface area (Å²) in [6.07, 6.45) is 9.12. The SMILES string of the molecule is CNC(=O)c1nn(CC2(n3cc(C)c4cccnc43)CCCC2)cc(OC(=O)[C@@H](NCOC(C)(C)C)C(C)C)c1=O. The van der Waals surface area contributed by atoms with Crippen LogP contribution in [0, 0.1) is 12.8 Å². The third-order valence-corrected chi connectivity index (χ3v) is 7.58. The molecule has 3 heterocycles. The highest BCUT2D eigenvalue weighted by Crippen LogP contribution is 2.41. The number of hydrogen-bond acceptors (Lipinski definition) is 8. The summed E-state index contributed by atoms with van der Waals surface area (Å²) in [5, 5.41) is 11.0. The van der Waals surface area contributed by atoms with Gasteiger partial charge in [0.25, 0.3) is 11.3 Å². The molecule has 0 radical (unpaired) electrons. The van der Waals surface area contributed by atoms with Crippen LogP contribution in [0.15, 0.2) is 35.5 Å². The highest BCUT2D eigenvalue weighted by Gasteiger charge is 2.38. The van der Waals surface area contributed by atoms with Crippen molar-refractivity contribution in [3.05, 3.63) is 52.2 Å². The summed E-state index contributed by atoms with van der Waals surface area (Å²) < 4.78 is 15.2. The second-order valence-electron chi connectivity index (χ2n) is 12.2. The minimum absolute atomic E-state index is 0.131. The Hall–Kier alpha value is -3.57. The molecular weight excluding hydrogens is 524 g/mol. The average molecular weight is 567 g/mol. The summed E-state index contributed by atoms with van der Waals surface area (Å²) in [6.45, 7) is 12.1.